The molecule has 0 aromatic heterocycles. The normalized spacial score (nSPS) is 23.7. The number of unbranched alkanes of at least 4 members (excludes halogenated alkanes) is 1. The highest BCUT2D eigenvalue weighted by Crippen LogP contribution is 2.35. The Morgan fingerprint density at radius 3 is 3.06 bits per heavy atom. The first-order valence-corrected chi connectivity index (χ1v) is 5.92. The van der Waals surface area contributed by atoms with E-state index in [0.717, 1.165) is 31.2 Å². The van der Waals surface area contributed by atoms with Crippen molar-refractivity contribution in [1.82, 2.24) is 0 Å². The number of benzene rings is 1. The van der Waals surface area contributed by atoms with Gasteiger partial charge in [0, 0.05) is 24.1 Å². The fraction of sp³-hybridized carbons (Fsp3) is 0.538. The number of rotatable bonds is 3. The second-order valence-corrected chi connectivity index (χ2v) is 4.41. The third-order valence-electron chi connectivity index (χ3n) is 3.07. The second-order valence-electron chi connectivity index (χ2n) is 4.41. The fourth-order valence-electron chi connectivity index (χ4n) is 2.16. The molecule has 0 radical (unpaired) electrons. The van der Waals surface area contributed by atoms with Crippen molar-refractivity contribution in [3.8, 4) is 5.75 Å². The molecule has 1 aliphatic rings. The van der Waals surface area contributed by atoms with Crippen LogP contribution in [0.2, 0.25) is 0 Å². The summed E-state index contributed by atoms with van der Waals surface area (Å²) in [6, 6.07) is 4.58. The lowest BCUT2D eigenvalue weighted by molar-refractivity contribution is 0.146. The van der Waals surface area contributed by atoms with Crippen molar-refractivity contribution < 1.29 is 9.13 Å². The van der Waals surface area contributed by atoms with Crippen molar-refractivity contribution in [2.45, 2.75) is 44.8 Å². The maximum atomic E-state index is 13.1. The Labute approximate surface area is 95.6 Å². The summed E-state index contributed by atoms with van der Waals surface area (Å²) in [6.07, 6.45) is 4.25. The Kier molecular flexibility index (Phi) is 3.44. The van der Waals surface area contributed by atoms with Crippen LogP contribution in [0.5, 0.6) is 5.75 Å². The molecule has 0 fully saturated rings. The molecular formula is C13H18FNO. The fourth-order valence-corrected chi connectivity index (χ4v) is 2.16. The van der Waals surface area contributed by atoms with Crippen molar-refractivity contribution in [1.29, 1.82) is 0 Å². The summed E-state index contributed by atoms with van der Waals surface area (Å²) in [5.41, 5.74) is 6.98. The molecule has 2 N–H and O–H groups in total. The third kappa shape index (κ3) is 2.35. The molecule has 0 saturated carbocycles. The van der Waals surface area contributed by atoms with Crippen LogP contribution in [-0.4, -0.2) is 6.10 Å². The Hall–Kier alpha value is -1.09. The quantitative estimate of drug-likeness (QED) is 0.854. The minimum atomic E-state index is -0.262. The van der Waals surface area contributed by atoms with Gasteiger partial charge in [-0.15, -0.1) is 0 Å². The van der Waals surface area contributed by atoms with E-state index in [4.69, 9.17) is 10.5 Å². The van der Waals surface area contributed by atoms with Crippen LogP contribution in [0.25, 0.3) is 0 Å². The van der Waals surface area contributed by atoms with Crippen molar-refractivity contribution >= 4 is 0 Å². The van der Waals surface area contributed by atoms with Crippen molar-refractivity contribution in [3.05, 3.63) is 29.6 Å². The number of halogens is 1. The molecule has 2 rings (SSSR count). The van der Waals surface area contributed by atoms with Gasteiger partial charge in [-0.25, -0.2) is 4.39 Å². The summed E-state index contributed by atoms with van der Waals surface area (Å²) in [4.78, 5) is 0. The third-order valence-corrected chi connectivity index (χ3v) is 3.07. The first-order valence-electron chi connectivity index (χ1n) is 5.92. The first kappa shape index (κ1) is 11.4. The Bertz CT molecular complexity index is 367. The van der Waals surface area contributed by atoms with Gasteiger partial charge in [0.1, 0.15) is 17.7 Å². The van der Waals surface area contributed by atoms with Gasteiger partial charge < -0.3 is 10.5 Å². The van der Waals surface area contributed by atoms with Crippen molar-refractivity contribution in [3.63, 3.8) is 0 Å². The number of fused-ring (bicyclic) bond motifs is 1. The van der Waals surface area contributed by atoms with E-state index in [2.05, 4.69) is 6.92 Å². The molecule has 2 atom stereocenters. The van der Waals surface area contributed by atoms with E-state index in [1.165, 1.54) is 12.1 Å². The summed E-state index contributed by atoms with van der Waals surface area (Å²) in [5, 5.41) is 0. The van der Waals surface area contributed by atoms with Gasteiger partial charge in [0.2, 0.25) is 0 Å². The lowest BCUT2D eigenvalue weighted by atomic mass is 9.95. The summed E-state index contributed by atoms with van der Waals surface area (Å²) in [7, 11) is 0. The zero-order chi connectivity index (χ0) is 11.5. The summed E-state index contributed by atoms with van der Waals surface area (Å²) < 4.78 is 18.8. The van der Waals surface area contributed by atoms with Crippen LogP contribution in [0, 0.1) is 5.82 Å². The predicted octanol–water partition coefficient (Wildman–Crippen LogP) is 3.17. The molecule has 1 heterocycles. The van der Waals surface area contributed by atoms with Gasteiger partial charge in [-0.3, -0.25) is 0 Å². The Morgan fingerprint density at radius 2 is 2.31 bits per heavy atom. The van der Waals surface area contributed by atoms with E-state index in [0.29, 0.717) is 5.75 Å². The number of ether oxygens (including phenoxy) is 1. The summed E-state index contributed by atoms with van der Waals surface area (Å²) in [5.74, 6) is 0.363. The first-order chi connectivity index (χ1) is 7.70. The van der Waals surface area contributed by atoms with E-state index in [9.17, 15) is 4.39 Å². The largest absolute Gasteiger partial charge is 0.490 e. The van der Waals surface area contributed by atoms with E-state index in [1.54, 1.807) is 6.07 Å². The number of hydrogen-bond donors (Lipinski definition) is 1. The molecule has 2 unspecified atom stereocenters. The molecule has 0 bridgehead atoms. The van der Waals surface area contributed by atoms with E-state index < -0.39 is 0 Å². The average Bonchev–Trinajstić information content (AvgIpc) is 2.25. The second kappa shape index (κ2) is 4.83. The highest BCUT2D eigenvalue weighted by molar-refractivity contribution is 5.38. The standard InChI is InChI=1S/C13H18FNO/c1-2-3-4-10-8-12(15)11-6-5-9(14)7-13(11)16-10/h5-7,10,12H,2-4,8,15H2,1H3. The van der Waals surface area contributed by atoms with Crippen molar-refractivity contribution in [2.75, 3.05) is 0 Å². The SMILES string of the molecule is CCCCC1CC(N)c2ccc(F)cc2O1. The molecule has 1 aromatic rings. The number of hydrogen-bond acceptors (Lipinski definition) is 2. The zero-order valence-electron chi connectivity index (χ0n) is 9.58. The van der Waals surface area contributed by atoms with E-state index >= 15 is 0 Å². The zero-order valence-corrected chi connectivity index (χ0v) is 9.58. The van der Waals surface area contributed by atoms with Crippen molar-refractivity contribution in [2.24, 2.45) is 5.73 Å². The van der Waals surface area contributed by atoms with Gasteiger partial charge in [0.25, 0.3) is 0 Å². The van der Waals surface area contributed by atoms with Gasteiger partial charge in [0.15, 0.2) is 0 Å². The lowest BCUT2D eigenvalue weighted by Gasteiger charge is -2.30. The Balaban J connectivity index is 2.14. The maximum Gasteiger partial charge on any atom is 0.127 e. The van der Waals surface area contributed by atoms with Crippen LogP contribution in [-0.2, 0) is 0 Å². The molecule has 0 saturated heterocycles. The van der Waals surface area contributed by atoms with Gasteiger partial charge in [-0.05, 0) is 12.5 Å². The maximum absolute atomic E-state index is 13.1. The minimum Gasteiger partial charge on any atom is -0.490 e. The van der Waals surface area contributed by atoms with Crippen LogP contribution < -0.4 is 10.5 Å². The summed E-state index contributed by atoms with van der Waals surface area (Å²) >= 11 is 0. The highest BCUT2D eigenvalue weighted by Gasteiger charge is 2.25. The predicted molar refractivity (Wildman–Crippen MR) is 61.9 cm³/mol. The van der Waals surface area contributed by atoms with Crippen LogP contribution >= 0.6 is 0 Å². The molecule has 88 valence electrons. The minimum absolute atomic E-state index is 0.0220. The average molecular weight is 223 g/mol. The molecule has 3 heteroatoms. The van der Waals surface area contributed by atoms with Gasteiger partial charge in [-0.2, -0.15) is 0 Å². The summed E-state index contributed by atoms with van der Waals surface area (Å²) in [6.45, 7) is 2.15. The van der Waals surface area contributed by atoms with E-state index in [1.807, 2.05) is 0 Å². The van der Waals surface area contributed by atoms with E-state index in [-0.39, 0.29) is 18.0 Å². The van der Waals surface area contributed by atoms with Crippen LogP contribution in [0.1, 0.15) is 44.2 Å². The van der Waals surface area contributed by atoms with Gasteiger partial charge in [0.05, 0.1) is 0 Å². The lowest BCUT2D eigenvalue weighted by Crippen LogP contribution is -2.29. The molecule has 1 aromatic carbocycles. The van der Waals surface area contributed by atoms with Crippen LogP contribution in [0.15, 0.2) is 18.2 Å². The Morgan fingerprint density at radius 1 is 1.50 bits per heavy atom. The molecule has 16 heavy (non-hydrogen) atoms. The van der Waals surface area contributed by atoms with Crippen LogP contribution in [0.4, 0.5) is 4.39 Å². The van der Waals surface area contributed by atoms with Gasteiger partial charge >= 0.3 is 0 Å². The van der Waals surface area contributed by atoms with Crippen LogP contribution in [0.3, 0.4) is 0 Å². The molecule has 0 spiro atoms. The topological polar surface area (TPSA) is 35.2 Å². The monoisotopic (exact) mass is 223 g/mol. The van der Waals surface area contributed by atoms with Gasteiger partial charge in [-0.1, -0.05) is 25.8 Å². The molecule has 0 aliphatic carbocycles. The number of nitrogens with two attached hydrogens (primary N) is 1. The smallest absolute Gasteiger partial charge is 0.127 e. The highest BCUT2D eigenvalue weighted by atomic mass is 19.1. The molecular weight excluding hydrogens is 205 g/mol. The molecule has 2 nitrogen and oxygen atoms in total. The molecule has 1 aliphatic heterocycles. The molecule has 0 amide bonds.